The average molecular weight is 680 g/mol. The second-order valence-electron chi connectivity index (χ2n) is 13.0. The average Bonchev–Trinajstić information content (AvgIpc) is 3.69. The lowest BCUT2D eigenvalue weighted by molar-refractivity contribution is -0.130. The Morgan fingerprint density at radius 1 is 0.940 bits per heavy atom. The first kappa shape index (κ1) is 36.3. The van der Waals surface area contributed by atoms with E-state index in [9.17, 15) is 14.4 Å². The van der Waals surface area contributed by atoms with E-state index >= 15 is 0 Å². The molecule has 264 valence electrons. The van der Waals surface area contributed by atoms with E-state index < -0.39 is 6.04 Å². The Hall–Kier alpha value is -4.94. The first-order valence-corrected chi connectivity index (χ1v) is 17.6. The lowest BCUT2D eigenvalue weighted by Gasteiger charge is -2.28. The molecule has 1 heterocycles. The molecular formula is C38H49N9O3. The van der Waals surface area contributed by atoms with Gasteiger partial charge in [0.2, 0.25) is 17.6 Å². The van der Waals surface area contributed by atoms with Crippen LogP contribution in [0.3, 0.4) is 0 Å². The number of carbonyl (C=O) groups excluding carboxylic acids is 3. The van der Waals surface area contributed by atoms with Gasteiger partial charge < -0.3 is 26.6 Å². The second-order valence-corrected chi connectivity index (χ2v) is 13.0. The number of likely N-dealkylation sites (N-methyl/N-ethyl adjacent to an activating group) is 1. The molecule has 0 bridgehead atoms. The molecule has 12 heteroatoms. The van der Waals surface area contributed by atoms with Gasteiger partial charge in [-0.05, 0) is 122 Å². The van der Waals surface area contributed by atoms with Crippen molar-refractivity contribution in [3.63, 3.8) is 0 Å². The van der Waals surface area contributed by atoms with E-state index in [1.807, 2.05) is 49.4 Å². The van der Waals surface area contributed by atoms with Crippen LogP contribution in [0.15, 0.2) is 66.7 Å². The number of carbonyl (C=O) groups is 3. The fourth-order valence-corrected chi connectivity index (χ4v) is 6.53. The molecule has 3 amide bonds. The van der Waals surface area contributed by atoms with Crippen molar-refractivity contribution < 1.29 is 14.4 Å². The number of nitrogens with two attached hydrogens (primary N) is 1. The summed E-state index contributed by atoms with van der Waals surface area (Å²) < 4.78 is 0. The first-order valence-electron chi connectivity index (χ1n) is 17.6. The largest absolute Gasteiger partial charge is 0.351 e. The summed E-state index contributed by atoms with van der Waals surface area (Å²) in [6.07, 6.45) is 3.69. The molecule has 1 atom stereocenters. The molecule has 1 aliphatic rings. The highest BCUT2D eigenvalue weighted by Gasteiger charge is 2.29. The molecule has 0 saturated heterocycles. The van der Waals surface area contributed by atoms with Crippen molar-refractivity contribution in [1.29, 1.82) is 0 Å². The number of tetrazole rings is 1. The third-order valence-electron chi connectivity index (χ3n) is 9.74. The van der Waals surface area contributed by atoms with E-state index in [4.69, 9.17) is 5.73 Å². The quantitative estimate of drug-likeness (QED) is 0.124. The van der Waals surface area contributed by atoms with E-state index in [2.05, 4.69) is 55.3 Å². The van der Waals surface area contributed by atoms with Gasteiger partial charge in [0.15, 0.2) is 0 Å². The number of aryl methyl sites for hydroxylation is 1. The van der Waals surface area contributed by atoms with Gasteiger partial charge in [-0.3, -0.25) is 14.4 Å². The molecule has 1 aliphatic carbocycles. The second kappa shape index (κ2) is 17.6. The van der Waals surface area contributed by atoms with Gasteiger partial charge in [-0.25, -0.2) is 0 Å². The molecule has 1 saturated carbocycles. The number of amides is 3. The highest BCUT2D eigenvalue weighted by Crippen LogP contribution is 2.29. The van der Waals surface area contributed by atoms with E-state index in [-0.39, 0.29) is 23.6 Å². The van der Waals surface area contributed by atoms with Crippen LogP contribution in [-0.4, -0.2) is 82.0 Å². The van der Waals surface area contributed by atoms with Crippen LogP contribution in [0.5, 0.6) is 0 Å². The van der Waals surface area contributed by atoms with E-state index in [1.165, 1.54) is 0 Å². The zero-order valence-electron chi connectivity index (χ0n) is 29.2. The molecule has 0 aliphatic heterocycles. The number of rotatable bonds is 15. The monoisotopic (exact) mass is 679 g/mol. The number of anilines is 1. The van der Waals surface area contributed by atoms with Crippen LogP contribution in [0.1, 0.15) is 61.0 Å². The predicted molar refractivity (Wildman–Crippen MR) is 195 cm³/mol. The summed E-state index contributed by atoms with van der Waals surface area (Å²) >= 11 is 0. The molecule has 12 nitrogen and oxygen atoms in total. The summed E-state index contributed by atoms with van der Waals surface area (Å²) in [5.41, 5.74) is 11.8. The third-order valence-corrected chi connectivity index (χ3v) is 9.74. The predicted octanol–water partition coefficient (Wildman–Crippen LogP) is 4.34. The van der Waals surface area contributed by atoms with Crippen molar-refractivity contribution in [1.82, 2.24) is 36.2 Å². The Morgan fingerprint density at radius 3 is 2.26 bits per heavy atom. The molecule has 5 rings (SSSR count). The number of hydrogen-bond donors (Lipinski definition) is 5. The number of benzene rings is 3. The molecule has 1 fully saturated rings. The van der Waals surface area contributed by atoms with Gasteiger partial charge in [-0.1, -0.05) is 44.2 Å². The van der Waals surface area contributed by atoms with Crippen molar-refractivity contribution in [2.75, 3.05) is 38.0 Å². The van der Waals surface area contributed by atoms with Crippen LogP contribution >= 0.6 is 0 Å². The zero-order chi connectivity index (χ0) is 35.5. The van der Waals surface area contributed by atoms with E-state index in [0.29, 0.717) is 42.5 Å². The van der Waals surface area contributed by atoms with Gasteiger partial charge >= 0.3 is 0 Å². The van der Waals surface area contributed by atoms with Crippen LogP contribution in [0.25, 0.3) is 22.5 Å². The fraction of sp³-hybridized carbons (Fsp3) is 0.421. The summed E-state index contributed by atoms with van der Waals surface area (Å²) in [7, 11) is 0. The summed E-state index contributed by atoms with van der Waals surface area (Å²) in [4.78, 5) is 42.2. The van der Waals surface area contributed by atoms with Gasteiger partial charge in [0.05, 0.1) is 0 Å². The Morgan fingerprint density at radius 2 is 1.64 bits per heavy atom. The minimum atomic E-state index is -0.779. The topological polar surface area (TPSA) is 171 Å². The molecule has 1 unspecified atom stereocenters. The number of aromatic nitrogens is 4. The first-order chi connectivity index (χ1) is 24.3. The lowest BCUT2D eigenvalue weighted by atomic mass is 9.81. The van der Waals surface area contributed by atoms with Crippen molar-refractivity contribution in [3.05, 3.63) is 83.4 Å². The summed E-state index contributed by atoms with van der Waals surface area (Å²) in [5.74, 6) is 0.291. The van der Waals surface area contributed by atoms with Gasteiger partial charge in [-0.15, -0.1) is 10.2 Å². The molecule has 6 N–H and O–H groups in total. The minimum Gasteiger partial charge on any atom is -0.351 e. The van der Waals surface area contributed by atoms with E-state index in [0.717, 1.165) is 73.1 Å². The smallest absolute Gasteiger partial charge is 0.251 e. The van der Waals surface area contributed by atoms with E-state index in [1.54, 1.807) is 24.3 Å². The minimum absolute atomic E-state index is 0.0798. The van der Waals surface area contributed by atoms with Crippen molar-refractivity contribution >= 4 is 23.4 Å². The maximum atomic E-state index is 13.7. The third kappa shape index (κ3) is 9.60. The zero-order valence-corrected chi connectivity index (χ0v) is 29.2. The number of nitrogens with zero attached hydrogens (tertiary/aromatic N) is 4. The van der Waals surface area contributed by atoms with Gasteiger partial charge in [-0.2, -0.15) is 5.21 Å². The number of aromatic amines is 1. The van der Waals surface area contributed by atoms with Crippen molar-refractivity contribution in [2.45, 2.75) is 58.9 Å². The molecular weight excluding hydrogens is 630 g/mol. The van der Waals surface area contributed by atoms with Crippen LogP contribution < -0.4 is 21.7 Å². The summed E-state index contributed by atoms with van der Waals surface area (Å²) in [6.45, 7) is 10.2. The molecule has 3 aromatic carbocycles. The number of nitrogens with one attached hydrogen (secondary N) is 4. The SMILES string of the molecule is CCN(CC)CCNC(=O)c1ccc(-c2ccc(CC(NC(=O)C3CCC(CN)CC3)C(=O)Nc3ccc(-c4nn[nH]n4)cc3)cc2)c(C)c1. The molecule has 4 aromatic rings. The highest BCUT2D eigenvalue weighted by atomic mass is 16.2. The molecule has 1 aromatic heterocycles. The normalized spacial score (nSPS) is 16.5. The maximum Gasteiger partial charge on any atom is 0.251 e. The number of H-pyrrole nitrogens is 1. The molecule has 0 radical (unpaired) electrons. The summed E-state index contributed by atoms with van der Waals surface area (Å²) in [5, 5.41) is 23.1. The lowest BCUT2D eigenvalue weighted by Crippen LogP contribution is -2.48. The number of hydrogen-bond acceptors (Lipinski definition) is 8. The Kier molecular flexibility index (Phi) is 12.8. The van der Waals surface area contributed by atoms with Gasteiger partial charge in [0.1, 0.15) is 6.04 Å². The van der Waals surface area contributed by atoms with Crippen molar-refractivity contribution in [3.8, 4) is 22.5 Å². The Bertz CT molecular complexity index is 1700. The molecule has 0 spiro atoms. The van der Waals surface area contributed by atoms with Crippen LogP contribution in [0.2, 0.25) is 0 Å². The maximum absolute atomic E-state index is 13.7. The summed E-state index contributed by atoms with van der Waals surface area (Å²) in [6, 6.07) is 20.1. The fourth-order valence-electron chi connectivity index (χ4n) is 6.53. The Balaban J connectivity index is 1.26. The molecule has 50 heavy (non-hydrogen) atoms. The van der Waals surface area contributed by atoms with Crippen LogP contribution in [0.4, 0.5) is 5.69 Å². The van der Waals surface area contributed by atoms with Crippen molar-refractivity contribution in [2.24, 2.45) is 17.6 Å². The van der Waals surface area contributed by atoms with Crippen LogP contribution in [-0.2, 0) is 16.0 Å². The Labute approximate surface area is 294 Å². The van der Waals surface area contributed by atoms with Gasteiger partial charge in [0, 0.05) is 42.2 Å². The highest BCUT2D eigenvalue weighted by molar-refractivity contribution is 5.98. The van der Waals surface area contributed by atoms with Crippen LogP contribution in [0, 0.1) is 18.8 Å². The van der Waals surface area contributed by atoms with Gasteiger partial charge in [0.25, 0.3) is 5.91 Å². The standard InChI is InChI=1S/C38H49N9O3/c1-4-47(5-2)21-20-40-36(48)31-16-19-33(25(3)22-31)28-10-6-26(7-11-28)23-34(42-37(49)30-12-8-27(24-39)9-13-30)38(50)41-32-17-14-29(15-18-32)35-43-45-46-44-35/h6-7,10-11,14-19,22,27,30,34H,4-5,8-9,12-13,20-21,23-24,39H2,1-3H3,(H,40,48)(H,41,50)(H,42,49)(H,43,44,45,46).